The zero-order valence-corrected chi connectivity index (χ0v) is 18.9. The van der Waals surface area contributed by atoms with E-state index in [-0.39, 0.29) is 47.9 Å². The molecule has 35 heavy (non-hydrogen) atoms. The van der Waals surface area contributed by atoms with Gasteiger partial charge in [-0.05, 0) is 31.5 Å². The highest BCUT2D eigenvalue weighted by atomic mass is 19.1. The molecule has 2 N–H and O–H groups in total. The zero-order valence-electron chi connectivity index (χ0n) is 18.9. The molecule has 0 bridgehead atoms. The van der Waals surface area contributed by atoms with Gasteiger partial charge >= 0.3 is 5.97 Å². The molecule has 1 atom stereocenters. The number of halogens is 1. The normalized spacial score (nSPS) is 16.8. The van der Waals surface area contributed by atoms with Gasteiger partial charge in [0.05, 0.1) is 19.2 Å². The molecule has 0 saturated carbocycles. The quantitative estimate of drug-likeness (QED) is 0.300. The summed E-state index contributed by atoms with van der Waals surface area (Å²) in [6, 6.07) is 5.61. The molecule has 4 heterocycles. The SMILES string of the molecule is CC(C)N1C[C@H](NC(=O)c2cc(C(=O)NCc3ccc4c(c3)CC(=O)O4)nc3c(F)cnn23)C1=O. The van der Waals surface area contributed by atoms with Crippen molar-refractivity contribution in [3.8, 4) is 5.75 Å². The summed E-state index contributed by atoms with van der Waals surface area (Å²) in [5, 5.41) is 9.12. The fourth-order valence-corrected chi connectivity index (χ4v) is 4.04. The Balaban J connectivity index is 1.34. The molecule has 3 aromatic rings. The van der Waals surface area contributed by atoms with Crippen LogP contribution in [0.25, 0.3) is 5.65 Å². The van der Waals surface area contributed by atoms with Gasteiger partial charge in [0.1, 0.15) is 23.2 Å². The molecule has 3 amide bonds. The van der Waals surface area contributed by atoms with Gasteiger partial charge < -0.3 is 20.3 Å². The number of esters is 1. The number of rotatable bonds is 6. The van der Waals surface area contributed by atoms with E-state index in [0.29, 0.717) is 12.3 Å². The van der Waals surface area contributed by atoms with Crippen LogP contribution in [0.5, 0.6) is 5.75 Å². The topological polar surface area (TPSA) is 135 Å². The first-order chi connectivity index (χ1) is 16.7. The van der Waals surface area contributed by atoms with Crippen LogP contribution in [0, 0.1) is 5.82 Å². The highest BCUT2D eigenvalue weighted by Gasteiger charge is 2.39. The van der Waals surface area contributed by atoms with E-state index in [4.69, 9.17) is 4.74 Å². The third kappa shape index (κ3) is 4.07. The summed E-state index contributed by atoms with van der Waals surface area (Å²) in [6.45, 7) is 4.21. The molecule has 1 fully saturated rings. The van der Waals surface area contributed by atoms with Crippen LogP contribution >= 0.6 is 0 Å². The van der Waals surface area contributed by atoms with E-state index < -0.39 is 23.7 Å². The van der Waals surface area contributed by atoms with Crippen LogP contribution in [-0.2, 0) is 22.6 Å². The summed E-state index contributed by atoms with van der Waals surface area (Å²) in [5.74, 6) is -2.19. The summed E-state index contributed by atoms with van der Waals surface area (Å²) in [6.07, 6.45) is 1.05. The molecule has 12 heteroatoms. The second-order valence-corrected chi connectivity index (χ2v) is 8.64. The molecule has 1 saturated heterocycles. The molecule has 2 aromatic heterocycles. The Bertz CT molecular complexity index is 1400. The fourth-order valence-electron chi connectivity index (χ4n) is 4.04. The minimum absolute atomic E-state index is 0.0116. The van der Waals surface area contributed by atoms with Gasteiger partial charge in [-0.2, -0.15) is 5.10 Å². The van der Waals surface area contributed by atoms with Crippen LogP contribution in [0.4, 0.5) is 4.39 Å². The van der Waals surface area contributed by atoms with Crippen molar-refractivity contribution in [1.82, 2.24) is 30.1 Å². The van der Waals surface area contributed by atoms with Crippen LogP contribution in [0.15, 0.2) is 30.5 Å². The van der Waals surface area contributed by atoms with Crippen molar-refractivity contribution < 1.29 is 28.3 Å². The highest BCUT2D eigenvalue weighted by Crippen LogP contribution is 2.26. The van der Waals surface area contributed by atoms with Gasteiger partial charge in [-0.1, -0.05) is 6.07 Å². The number of likely N-dealkylation sites (tertiary alicyclic amines) is 1. The Morgan fingerprint density at radius 2 is 2.03 bits per heavy atom. The molecule has 0 radical (unpaired) electrons. The van der Waals surface area contributed by atoms with E-state index in [2.05, 4.69) is 20.7 Å². The van der Waals surface area contributed by atoms with Crippen molar-refractivity contribution in [1.29, 1.82) is 0 Å². The minimum Gasteiger partial charge on any atom is -0.426 e. The smallest absolute Gasteiger partial charge is 0.315 e. The van der Waals surface area contributed by atoms with E-state index in [0.717, 1.165) is 21.8 Å². The van der Waals surface area contributed by atoms with E-state index >= 15 is 0 Å². The second-order valence-electron chi connectivity index (χ2n) is 8.64. The maximum atomic E-state index is 14.3. The Kier molecular flexibility index (Phi) is 5.42. The number of hydrogen-bond acceptors (Lipinski definition) is 7. The number of aromatic nitrogens is 3. The van der Waals surface area contributed by atoms with Crippen LogP contribution in [0.1, 0.15) is 46.0 Å². The van der Waals surface area contributed by atoms with E-state index in [1.54, 1.807) is 23.1 Å². The third-order valence-corrected chi connectivity index (χ3v) is 5.92. The number of ether oxygens (including phenoxy) is 1. The van der Waals surface area contributed by atoms with Crippen LogP contribution in [-0.4, -0.2) is 61.8 Å². The van der Waals surface area contributed by atoms with Crippen molar-refractivity contribution in [3.05, 3.63) is 58.8 Å². The van der Waals surface area contributed by atoms with Gasteiger partial charge in [0.25, 0.3) is 11.8 Å². The van der Waals surface area contributed by atoms with Crippen molar-refractivity contribution >= 4 is 29.3 Å². The standard InChI is InChI=1S/C23H21FN6O5/c1-11(2)29-10-16(23(29)34)28-22(33)17-7-15(27-20-14(24)9-26-30(17)20)21(32)25-8-12-3-4-18-13(5-12)6-19(31)35-18/h3-5,7,9,11,16H,6,8,10H2,1-2H3,(H,25,32)(H,28,33)/t16-/m0/s1. The molecule has 0 aliphatic carbocycles. The molecular weight excluding hydrogens is 459 g/mol. The van der Waals surface area contributed by atoms with Gasteiger partial charge in [0.2, 0.25) is 5.91 Å². The van der Waals surface area contributed by atoms with Gasteiger partial charge in [0.15, 0.2) is 11.5 Å². The largest absolute Gasteiger partial charge is 0.426 e. The number of nitrogens with one attached hydrogen (secondary N) is 2. The Labute approximate surface area is 198 Å². The molecule has 2 aliphatic rings. The van der Waals surface area contributed by atoms with Crippen molar-refractivity contribution in [2.24, 2.45) is 0 Å². The average molecular weight is 480 g/mol. The van der Waals surface area contributed by atoms with Crippen LogP contribution in [0.3, 0.4) is 0 Å². The lowest BCUT2D eigenvalue weighted by Crippen LogP contribution is -2.65. The lowest BCUT2D eigenvalue weighted by Gasteiger charge is -2.41. The third-order valence-electron chi connectivity index (χ3n) is 5.92. The van der Waals surface area contributed by atoms with Gasteiger partial charge in [-0.15, -0.1) is 0 Å². The summed E-state index contributed by atoms with van der Waals surface area (Å²) in [7, 11) is 0. The molecule has 1 aromatic carbocycles. The minimum atomic E-state index is -0.803. The predicted octanol–water partition coefficient (Wildman–Crippen LogP) is 0.609. The van der Waals surface area contributed by atoms with Crippen molar-refractivity contribution in [3.63, 3.8) is 0 Å². The summed E-state index contributed by atoms with van der Waals surface area (Å²) in [4.78, 5) is 55.0. The highest BCUT2D eigenvalue weighted by molar-refractivity contribution is 6.01. The van der Waals surface area contributed by atoms with E-state index in [1.165, 1.54) is 6.07 Å². The Hall–Kier alpha value is -4.35. The molecule has 0 unspecified atom stereocenters. The molecule has 5 rings (SSSR count). The van der Waals surface area contributed by atoms with E-state index in [1.807, 2.05) is 13.8 Å². The average Bonchev–Trinajstić information content (AvgIpc) is 3.39. The van der Waals surface area contributed by atoms with E-state index in [9.17, 15) is 23.6 Å². The van der Waals surface area contributed by atoms with Gasteiger partial charge in [-0.3, -0.25) is 19.2 Å². The van der Waals surface area contributed by atoms with Crippen LogP contribution < -0.4 is 15.4 Å². The number of amides is 3. The first-order valence-electron chi connectivity index (χ1n) is 11.0. The van der Waals surface area contributed by atoms with Gasteiger partial charge in [0, 0.05) is 24.2 Å². The molecular formula is C23H21FN6O5. The summed E-state index contributed by atoms with van der Waals surface area (Å²) < 4.78 is 20.3. The van der Waals surface area contributed by atoms with Crippen molar-refractivity contribution in [2.45, 2.75) is 38.9 Å². The zero-order chi connectivity index (χ0) is 24.9. The lowest BCUT2D eigenvalue weighted by molar-refractivity contribution is -0.145. The molecule has 11 nitrogen and oxygen atoms in total. The number of hydrogen-bond donors (Lipinski definition) is 2. The number of fused-ring (bicyclic) bond motifs is 2. The number of carbonyl (C=O) groups is 4. The maximum absolute atomic E-state index is 14.3. The molecule has 0 spiro atoms. The first kappa shape index (κ1) is 22.4. The molecule has 2 aliphatic heterocycles. The maximum Gasteiger partial charge on any atom is 0.315 e. The predicted molar refractivity (Wildman–Crippen MR) is 118 cm³/mol. The Morgan fingerprint density at radius 1 is 1.23 bits per heavy atom. The lowest BCUT2D eigenvalue weighted by atomic mass is 10.1. The number of nitrogens with zero attached hydrogens (tertiary/aromatic N) is 4. The Morgan fingerprint density at radius 3 is 2.77 bits per heavy atom. The van der Waals surface area contributed by atoms with Crippen molar-refractivity contribution in [2.75, 3.05) is 6.54 Å². The number of β-lactam (4-membered cyclic amide) rings is 1. The number of benzene rings is 1. The molecule has 180 valence electrons. The summed E-state index contributed by atoms with van der Waals surface area (Å²) >= 11 is 0. The number of carbonyl (C=O) groups excluding carboxylic acids is 4. The first-order valence-corrected chi connectivity index (χ1v) is 11.0. The monoisotopic (exact) mass is 480 g/mol. The van der Waals surface area contributed by atoms with Gasteiger partial charge in [-0.25, -0.2) is 13.9 Å². The second kappa shape index (κ2) is 8.46. The fraction of sp³-hybridized carbons (Fsp3) is 0.304. The summed E-state index contributed by atoms with van der Waals surface area (Å²) in [5.41, 5.74) is 0.838. The van der Waals surface area contributed by atoms with Crippen LogP contribution in [0.2, 0.25) is 0 Å².